The van der Waals surface area contributed by atoms with Crippen LogP contribution in [0.3, 0.4) is 0 Å². The van der Waals surface area contributed by atoms with E-state index in [1.807, 2.05) is 41.3 Å². The number of carbonyl (C=O) groups excluding carboxylic acids is 1. The average molecular weight is 399 g/mol. The van der Waals surface area contributed by atoms with Gasteiger partial charge in [0.25, 0.3) is 0 Å². The van der Waals surface area contributed by atoms with Gasteiger partial charge in [0.2, 0.25) is 5.91 Å². The van der Waals surface area contributed by atoms with Crippen molar-refractivity contribution < 1.29 is 9.90 Å². The summed E-state index contributed by atoms with van der Waals surface area (Å²) in [5, 5.41) is 10.0. The van der Waals surface area contributed by atoms with Crippen molar-refractivity contribution in [3.8, 4) is 11.1 Å². The summed E-state index contributed by atoms with van der Waals surface area (Å²) < 4.78 is 0. The summed E-state index contributed by atoms with van der Waals surface area (Å²) in [4.78, 5) is 17.0. The van der Waals surface area contributed by atoms with E-state index in [4.69, 9.17) is 0 Å². The molecule has 2 aliphatic rings. The molecule has 2 saturated heterocycles. The van der Waals surface area contributed by atoms with Crippen molar-refractivity contribution >= 4 is 5.91 Å². The minimum Gasteiger partial charge on any atom is -0.394 e. The van der Waals surface area contributed by atoms with Crippen LogP contribution in [-0.4, -0.2) is 52.6 Å². The molecule has 0 radical (unpaired) electrons. The highest BCUT2D eigenvalue weighted by molar-refractivity contribution is 5.81. The summed E-state index contributed by atoms with van der Waals surface area (Å²) in [5.74, 6) is 0.292. The van der Waals surface area contributed by atoms with Crippen LogP contribution < -0.4 is 0 Å². The van der Waals surface area contributed by atoms with Crippen LogP contribution in [0.1, 0.15) is 17.0 Å². The Morgan fingerprint density at radius 3 is 2.13 bits per heavy atom. The molecule has 2 aliphatic heterocycles. The van der Waals surface area contributed by atoms with Crippen molar-refractivity contribution in [2.75, 3.05) is 19.7 Å². The lowest BCUT2D eigenvalue weighted by atomic mass is 9.73. The molecule has 0 unspecified atom stereocenters. The Kier molecular flexibility index (Phi) is 5.11. The van der Waals surface area contributed by atoms with Crippen LogP contribution in [0.4, 0.5) is 0 Å². The van der Waals surface area contributed by atoms with E-state index in [0.29, 0.717) is 6.54 Å². The molecule has 152 valence electrons. The second-order valence-electron chi connectivity index (χ2n) is 8.29. The van der Waals surface area contributed by atoms with Crippen LogP contribution in [0.25, 0.3) is 11.1 Å². The van der Waals surface area contributed by atoms with E-state index in [2.05, 4.69) is 53.4 Å². The van der Waals surface area contributed by atoms with Crippen LogP contribution in [0.2, 0.25) is 0 Å². The number of rotatable bonds is 5. The molecule has 0 saturated carbocycles. The Morgan fingerprint density at radius 2 is 1.47 bits per heavy atom. The van der Waals surface area contributed by atoms with E-state index in [0.717, 1.165) is 13.1 Å². The molecule has 2 heterocycles. The lowest BCUT2D eigenvalue weighted by molar-refractivity contribution is -0.162. The van der Waals surface area contributed by atoms with Gasteiger partial charge in [0.1, 0.15) is 0 Å². The van der Waals surface area contributed by atoms with E-state index in [1.165, 1.54) is 22.3 Å². The van der Waals surface area contributed by atoms with Crippen molar-refractivity contribution in [3.63, 3.8) is 0 Å². The number of fused-ring (bicyclic) bond motifs is 1. The molecule has 3 atom stereocenters. The number of aliphatic hydroxyl groups excluding tert-OH is 1. The van der Waals surface area contributed by atoms with E-state index in [1.54, 1.807) is 0 Å². The molecule has 1 N–H and O–H groups in total. The molecule has 5 rings (SSSR count). The van der Waals surface area contributed by atoms with Crippen LogP contribution >= 0.6 is 0 Å². The molecule has 30 heavy (non-hydrogen) atoms. The minimum absolute atomic E-state index is 0.00598. The monoisotopic (exact) mass is 398 g/mol. The van der Waals surface area contributed by atoms with Gasteiger partial charge in [-0.1, -0.05) is 84.9 Å². The third kappa shape index (κ3) is 3.42. The van der Waals surface area contributed by atoms with Crippen LogP contribution in [0, 0.1) is 0 Å². The topological polar surface area (TPSA) is 43.8 Å². The standard InChI is InChI=1S/C26H26N2O2/c29-18-24-26(22-13-11-21(12-14-22)20-9-5-2-6-10-20)23-16-27(17-25(30)28(23)24)15-19-7-3-1-4-8-19/h1-14,23-24,26,29H,15-18H2/t23-,24+,26-/m0/s1. The Morgan fingerprint density at radius 1 is 0.833 bits per heavy atom. The minimum atomic E-state index is -0.121. The second kappa shape index (κ2) is 8.05. The molecule has 3 aromatic rings. The van der Waals surface area contributed by atoms with Gasteiger partial charge in [-0.25, -0.2) is 0 Å². The van der Waals surface area contributed by atoms with E-state index >= 15 is 0 Å². The SMILES string of the molecule is O=C1CN(Cc2ccccc2)C[C@H]2[C@H](c3ccc(-c4ccccc4)cc3)[C@@H](CO)N12. The number of hydrogen-bond acceptors (Lipinski definition) is 3. The summed E-state index contributed by atoms with van der Waals surface area (Å²) in [6.45, 7) is 2.04. The Bertz CT molecular complexity index is 1000. The summed E-state index contributed by atoms with van der Waals surface area (Å²) in [7, 11) is 0. The van der Waals surface area contributed by atoms with Gasteiger partial charge >= 0.3 is 0 Å². The fourth-order valence-corrected chi connectivity index (χ4v) is 5.06. The maximum absolute atomic E-state index is 12.8. The van der Waals surface area contributed by atoms with Crippen LogP contribution in [0.5, 0.6) is 0 Å². The van der Waals surface area contributed by atoms with Gasteiger partial charge in [-0.3, -0.25) is 9.69 Å². The third-order valence-corrected chi connectivity index (χ3v) is 6.47. The third-order valence-electron chi connectivity index (χ3n) is 6.47. The zero-order valence-corrected chi connectivity index (χ0v) is 16.9. The largest absolute Gasteiger partial charge is 0.394 e. The van der Waals surface area contributed by atoms with Gasteiger partial charge in [-0.15, -0.1) is 0 Å². The van der Waals surface area contributed by atoms with Crippen molar-refractivity contribution in [3.05, 3.63) is 96.1 Å². The Labute approximate surface area is 177 Å². The molecule has 2 fully saturated rings. The molecular formula is C26H26N2O2. The fraction of sp³-hybridized carbons (Fsp3) is 0.269. The lowest BCUT2D eigenvalue weighted by Gasteiger charge is -2.59. The summed E-state index contributed by atoms with van der Waals surface area (Å²) in [6.07, 6.45) is 0. The van der Waals surface area contributed by atoms with Gasteiger partial charge in [-0.2, -0.15) is 0 Å². The van der Waals surface area contributed by atoms with E-state index < -0.39 is 0 Å². The fourth-order valence-electron chi connectivity index (χ4n) is 5.06. The summed E-state index contributed by atoms with van der Waals surface area (Å²) in [5.41, 5.74) is 4.80. The molecule has 0 aliphatic carbocycles. The smallest absolute Gasteiger partial charge is 0.237 e. The van der Waals surface area contributed by atoms with E-state index in [9.17, 15) is 9.90 Å². The molecule has 3 aromatic carbocycles. The first-order valence-corrected chi connectivity index (χ1v) is 10.6. The average Bonchev–Trinajstić information content (AvgIpc) is 2.77. The van der Waals surface area contributed by atoms with Crippen LogP contribution in [-0.2, 0) is 11.3 Å². The van der Waals surface area contributed by atoms with Gasteiger partial charge in [0.05, 0.1) is 25.2 Å². The number of nitrogens with zero attached hydrogens (tertiary/aromatic N) is 2. The lowest BCUT2D eigenvalue weighted by Crippen LogP contribution is -2.72. The molecule has 0 spiro atoms. The Balaban J connectivity index is 1.36. The quantitative estimate of drug-likeness (QED) is 0.715. The van der Waals surface area contributed by atoms with Crippen molar-refractivity contribution in [2.45, 2.75) is 24.5 Å². The summed E-state index contributed by atoms with van der Waals surface area (Å²) >= 11 is 0. The molecule has 1 amide bonds. The van der Waals surface area contributed by atoms with Gasteiger partial charge in [0.15, 0.2) is 0 Å². The van der Waals surface area contributed by atoms with Crippen molar-refractivity contribution in [1.29, 1.82) is 0 Å². The zero-order chi connectivity index (χ0) is 20.5. The molecule has 4 heteroatoms. The highest BCUT2D eigenvalue weighted by Crippen LogP contribution is 2.43. The first kappa shape index (κ1) is 19.0. The number of hydrogen-bond donors (Lipinski definition) is 1. The second-order valence-corrected chi connectivity index (χ2v) is 8.29. The summed E-state index contributed by atoms with van der Waals surface area (Å²) in [6, 6.07) is 29.2. The molecule has 4 nitrogen and oxygen atoms in total. The Hall–Kier alpha value is -2.95. The van der Waals surface area contributed by atoms with Gasteiger partial charge in [-0.05, 0) is 22.3 Å². The number of piperazine rings is 1. The number of amides is 1. The molecular weight excluding hydrogens is 372 g/mol. The highest BCUT2D eigenvalue weighted by atomic mass is 16.3. The number of aliphatic hydroxyl groups is 1. The first-order valence-electron chi connectivity index (χ1n) is 10.6. The predicted molar refractivity (Wildman–Crippen MR) is 118 cm³/mol. The predicted octanol–water partition coefficient (Wildman–Crippen LogP) is 3.52. The van der Waals surface area contributed by atoms with Crippen molar-refractivity contribution in [2.24, 2.45) is 0 Å². The first-order chi connectivity index (χ1) is 14.7. The maximum atomic E-state index is 12.8. The molecule has 0 aromatic heterocycles. The number of carbonyl (C=O) groups is 1. The van der Waals surface area contributed by atoms with Crippen molar-refractivity contribution in [1.82, 2.24) is 9.80 Å². The highest BCUT2D eigenvalue weighted by Gasteiger charge is 2.53. The van der Waals surface area contributed by atoms with E-state index in [-0.39, 0.29) is 30.5 Å². The zero-order valence-electron chi connectivity index (χ0n) is 16.9. The maximum Gasteiger partial charge on any atom is 0.237 e. The normalized spacial score (nSPS) is 23.7. The molecule has 0 bridgehead atoms. The number of benzene rings is 3. The van der Waals surface area contributed by atoms with Gasteiger partial charge in [0, 0.05) is 19.0 Å². The van der Waals surface area contributed by atoms with Crippen LogP contribution in [0.15, 0.2) is 84.9 Å². The van der Waals surface area contributed by atoms with Gasteiger partial charge < -0.3 is 10.0 Å².